The topological polar surface area (TPSA) is 67.3 Å². The van der Waals surface area contributed by atoms with Crippen LogP contribution in [-0.2, 0) is 21.2 Å². The summed E-state index contributed by atoms with van der Waals surface area (Å²) in [7, 11) is -3.13. The first-order chi connectivity index (χ1) is 13.3. The van der Waals surface area contributed by atoms with Crippen LogP contribution in [0.4, 0.5) is 5.13 Å². The highest BCUT2D eigenvalue weighted by molar-refractivity contribution is 7.91. The molecule has 1 unspecified atom stereocenters. The van der Waals surface area contributed by atoms with Crippen molar-refractivity contribution in [2.24, 2.45) is 5.92 Å². The Labute approximate surface area is 168 Å². The summed E-state index contributed by atoms with van der Waals surface area (Å²) >= 11 is 1.49. The molecule has 1 saturated heterocycles. The van der Waals surface area contributed by atoms with Crippen LogP contribution >= 0.6 is 11.3 Å². The van der Waals surface area contributed by atoms with Crippen molar-refractivity contribution in [3.63, 3.8) is 0 Å². The molecule has 0 N–H and O–H groups in total. The molecule has 28 heavy (non-hydrogen) atoms. The number of anilines is 1. The number of amides is 1. The molecule has 0 aliphatic carbocycles. The van der Waals surface area contributed by atoms with Crippen molar-refractivity contribution in [1.82, 2.24) is 4.98 Å². The number of aryl methyl sites for hydroxylation is 2. The second-order valence-corrected chi connectivity index (χ2v) is 10.6. The molecule has 1 aliphatic rings. The van der Waals surface area contributed by atoms with Crippen molar-refractivity contribution in [1.29, 1.82) is 0 Å². The van der Waals surface area contributed by atoms with Gasteiger partial charge in [-0.3, -0.25) is 9.69 Å². The van der Waals surface area contributed by atoms with Crippen LogP contribution in [0.1, 0.15) is 23.1 Å². The number of sulfone groups is 1. The first kappa shape index (κ1) is 19.1. The Morgan fingerprint density at radius 1 is 1.21 bits per heavy atom. The van der Waals surface area contributed by atoms with Gasteiger partial charge in [0.25, 0.3) is 0 Å². The normalized spacial score (nSPS) is 18.4. The van der Waals surface area contributed by atoms with E-state index < -0.39 is 15.8 Å². The molecular formula is C21H22N2O3S2. The van der Waals surface area contributed by atoms with Crippen molar-refractivity contribution < 1.29 is 13.2 Å². The lowest BCUT2D eigenvalue weighted by atomic mass is 10.1. The fraction of sp³-hybridized carbons (Fsp3) is 0.333. The van der Waals surface area contributed by atoms with Crippen LogP contribution < -0.4 is 4.90 Å². The Balaban J connectivity index is 1.74. The first-order valence-electron chi connectivity index (χ1n) is 9.26. The van der Waals surface area contributed by atoms with Crippen molar-refractivity contribution in [3.05, 3.63) is 59.2 Å². The van der Waals surface area contributed by atoms with E-state index in [4.69, 9.17) is 4.98 Å². The molecule has 0 radical (unpaired) electrons. The van der Waals surface area contributed by atoms with E-state index in [0.29, 0.717) is 18.1 Å². The van der Waals surface area contributed by atoms with Gasteiger partial charge in [0.15, 0.2) is 15.0 Å². The molecule has 1 amide bonds. The Morgan fingerprint density at radius 2 is 1.96 bits per heavy atom. The van der Waals surface area contributed by atoms with Crippen molar-refractivity contribution in [2.75, 3.05) is 16.4 Å². The summed E-state index contributed by atoms with van der Waals surface area (Å²) in [4.78, 5) is 19.7. The summed E-state index contributed by atoms with van der Waals surface area (Å²) in [5.41, 5.74) is 4.13. The van der Waals surface area contributed by atoms with Gasteiger partial charge < -0.3 is 0 Å². The fourth-order valence-corrected chi connectivity index (χ4v) is 6.45. The zero-order valence-electron chi connectivity index (χ0n) is 15.9. The second-order valence-electron chi connectivity index (χ2n) is 7.44. The number of hydrogen-bond acceptors (Lipinski definition) is 5. The lowest BCUT2D eigenvalue weighted by Gasteiger charge is -2.22. The highest BCUT2D eigenvalue weighted by atomic mass is 32.2. The molecule has 146 valence electrons. The number of aromatic nitrogens is 1. The monoisotopic (exact) mass is 414 g/mol. The predicted octanol–water partition coefficient (Wildman–Crippen LogP) is 3.88. The maximum atomic E-state index is 13.3. The average Bonchev–Trinajstić information content (AvgIpc) is 3.23. The van der Waals surface area contributed by atoms with Crippen LogP contribution in [0.2, 0.25) is 0 Å². The van der Waals surface area contributed by atoms with Crippen LogP contribution in [-0.4, -0.2) is 30.8 Å². The molecule has 0 saturated carbocycles. The first-order valence-corrected chi connectivity index (χ1v) is 11.9. The zero-order chi connectivity index (χ0) is 19.9. The highest BCUT2D eigenvalue weighted by Crippen LogP contribution is 2.34. The molecule has 2 aromatic carbocycles. The van der Waals surface area contributed by atoms with Gasteiger partial charge in [-0.1, -0.05) is 47.7 Å². The predicted molar refractivity (Wildman–Crippen MR) is 113 cm³/mol. The number of nitrogens with zero attached hydrogens (tertiary/aromatic N) is 2. The molecular weight excluding hydrogens is 392 g/mol. The van der Waals surface area contributed by atoms with E-state index in [1.54, 1.807) is 4.90 Å². The molecule has 5 nitrogen and oxygen atoms in total. The van der Waals surface area contributed by atoms with Gasteiger partial charge in [0.2, 0.25) is 5.91 Å². The minimum atomic E-state index is -3.13. The third-order valence-corrected chi connectivity index (χ3v) is 8.07. The van der Waals surface area contributed by atoms with Gasteiger partial charge in [-0.25, -0.2) is 13.4 Å². The molecule has 1 atom stereocenters. The summed E-state index contributed by atoms with van der Waals surface area (Å²) < 4.78 is 24.9. The third kappa shape index (κ3) is 3.82. The average molecular weight is 415 g/mol. The largest absolute Gasteiger partial charge is 0.283 e. The third-order valence-electron chi connectivity index (χ3n) is 5.07. The van der Waals surface area contributed by atoms with Crippen LogP contribution in [0.5, 0.6) is 0 Å². The summed E-state index contributed by atoms with van der Waals surface area (Å²) in [5.74, 6) is -0.636. The fourth-order valence-electron chi connectivity index (χ4n) is 3.70. The van der Waals surface area contributed by atoms with Gasteiger partial charge >= 0.3 is 0 Å². The van der Waals surface area contributed by atoms with Crippen LogP contribution in [0.3, 0.4) is 0 Å². The van der Waals surface area contributed by atoms with Crippen LogP contribution in [0, 0.1) is 19.8 Å². The maximum Gasteiger partial charge on any atom is 0.233 e. The molecule has 1 fully saturated rings. The molecule has 0 spiro atoms. The molecule has 1 aliphatic heterocycles. The van der Waals surface area contributed by atoms with Gasteiger partial charge in [0.1, 0.15) is 0 Å². The molecule has 0 bridgehead atoms. The van der Waals surface area contributed by atoms with Crippen LogP contribution in [0.25, 0.3) is 10.2 Å². The van der Waals surface area contributed by atoms with E-state index in [0.717, 1.165) is 26.9 Å². The Hall–Kier alpha value is -2.25. The standard InChI is InChI=1S/C21H22N2O3S2/c1-14-10-15(2)19-18(11-14)22-21(27-19)23(12-16-6-4-3-5-7-16)20(24)17-8-9-28(25,26)13-17/h3-7,10-11,17H,8-9,12-13H2,1-2H3. The van der Waals surface area contributed by atoms with E-state index in [1.165, 1.54) is 11.3 Å². The molecule has 3 aromatic rings. The van der Waals surface area contributed by atoms with E-state index in [9.17, 15) is 13.2 Å². The van der Waals surface area contributed by atoms with Gasteiger partial charge in [0, 0.05) is 0 Å². The summed E-state index contributed by atoms with van der Waals surface area (Å²) in [5, 5.41) is 0.627. The lowest BCUT2D eigenvalue weighted by Crippen LogP contribution is -2.36. The van der Waals surface area contributed by atoms with Gasteiger partial charge in [-0.2, -0.15) is 0 Å². The second kappa shape index (κ2) is 7.29. The van der Waals surface area contributed by atoms with Gasteiger partial charge in [0.05, 0.1) is 34.2 Å². The smallest absolute Gasteiger partial charge is 0.233 e. The number of fused-ring (bicyclic) bond motifs is 1. The van der Waals surface area contributed by atoms with E-state index in [-0.39, 0.29) is 17.4 Å². The van der Waals surface area contributed by atoms with Crippen LogP contribution in [0.15, 0.2) is 42.5 Å². The Morgan fingerprint density at radius 3 is 2.64 bits per heavy atom. The molecule has 2 heterocycles. The molecule has 4 rings (SSSR count). The quantitative estimate of drug-likeness (QED) is 0.650. The summed E-state index contributed by atoms with van der Waals surface area (Å²) in [6, 6.07) is 13.9. The number of benzene rings is 2. The van der Waals surface area contributed by atoms with Crippen molar-refractivity contribution in [3.8, 4) is 0 Å². The summed E-state index contributed by atoms with van der Waals surface area (Å²) in [6.07, 6.45) is 0.384. The maximum absolute atomic E-state index is 13.3. The number of rotatable bonds is 4. The van der Waals surface area contributed by atoms with E-state index in [1.807, 2.05) is 50.2 Å². The SMILES string of the molecule is Cc1cc(C)c2sc(N(Cc3ccccc3)C(=O)C3CCS(=O)(=O)C3)nc2c1. The lowest BCUT2D eigenvalue weighted by molar-refractivity contribution is -0.121. The van der Waals surface area contributed by atoms with Gasteiger partial charge in [-0.05, 0) is 43.0 Å². The summed E-state index contributed by atoms with van der Waals surface area (Å²) in [6.45, 7) is 4.46. The van der Waals surface area contributed by atoms with Gasteiger partial charge in [-0.15, -0.1) is 0 Å². The number of carbonyl (C=O) groups excluding carboxylic acids is 1. The van der Waals surface area contributed by atoms with E-state index >= 15 is 0 Å². The zero-order valence-corrected chi connectivity index (χ0v) is 17.5. The molecule has 7 heteroatoms. The minimum Gasteiger partial charge on any atom is -0.283 e. The minimum absolute atomic E-state index is 0.0693. The van der Waals surface area contributed by atoms with Crippen molar-refractivity contribution in [2.45, 2.75) is 26.8 Å². The highest BCUT2D eigenvalue weighted by Gasteiger charge is 2.36. The molecule has 1 aromatic heterocycles. The van der Waals surface area contributed by atoms with E-state index in [2.05, 4.69) is 6.07 Å². The van der Waals surface area contributed by atoms with Crippen molar-refractivity contribution >= 4 is 42.4 Å². The number of carbonyl (C=O) groups is 1. The Bertz CT molecular complexity index is 1140. The number of thiazole rings is 1. The number of hydrogen-bond donors (Lipinski definition) is 0. The Kier molecular flexibility index (Phi) is 4.97.